The zero-order valence-electron chi connectivity index (χ0n) is 17.7. The van der Waals surface area contributed by atoms with E-state index in [1.807, 2.05) is 24.4 Å². The molecule has 0 amide bonds. The lowest BCUT2D eigenvalue weighted by Gasteiger charge is -2.28. The number of hydrogen-bond donors (Lipinski definition) is 1. The van der Waals surface area contributed by atoms with Crippen LogP contribution in [0.3, 0.4) is 0 Å². The van der Waals surface area contributed by atoms with Crippen LogP contribution >= 0.6 is 0 Å². The molecule has 4 rings (SSSR count). The number of likely N-dealkylation sites (tertiary alicyclic amines) is 1. The summed E-state index contributed by atoms with van der Waals surface area (Å²) in [6, 6.07) is 10.8. The van der Waals surface area contributed by atoms with Crippen LogP contribution < -0.4 is 10.1 Å². The highest BCUT2D eigenvalue weighted by atomic mass is 16.5. The van der Waals surface area contributed by atoms with Gasteiger partial charge in [-0.1, -0.05) is 44.2 Å². The molecule has 0 unspecified atom stereocenters. The van der Waals surface area contributed by atoms with Gasteiger partial charge < -0.3 is 15.0 Å². The quantitative estimate of drug-likeness (QED) is 0.684. The van der Waals surface area contributed by atoms with Crippen LogP contribution in [-0.2, 0) is 0 Å². The van der Waals surface area contributed by atoms with Crippen LogP contribution in [0.2, 0.25) is 0 Å². The van der Waals surface area contributed by atoms with E-state index >= 15 is 0 Å². The Morgan fingerprint density at radius 3 is 2.48 bits per heavy atom. The van der Waals surface area contributed by atoms with Gasteiger partial charge in [0.15, 0.2) is 5.65 Å². The molecule has 2 aromatic heterocycles. The van der Waals surface area contributed by atoms with Gasteiger partial charge in [0, 0.05) is 18.7 Å². The number of ether oxygens (including phenoxy) is 1. The maximum atomic E-state index is 6.21. The fourth-order valence-corrected chi connectivity index (χ4v) is 3.70. The molecule has 29 heavy (non-hydrogen) atoms. The van der Waals surface area contributed by atoms with Gasteiger partial charge in [0.25, 0.3) is 0 Å². The molecule has 1 saturated heterocycles. The molecule has 1 aliphatic heterocycles. The summed E-state index contributed by atoms with van der Waals surface area (Å²) in [6.45, 7) is 8.49. The molecule has 0 radical (unpaired) electrons. The SMILES string of the molecule is CC(C)c1cnn2c(N[C@H](C)c3ccccc3)nc(OC3CCN(C)CC3)nc12. The van der Waals surface area contributed by atoms with Crippen LogP contribution in [0.4, 0.5) is 5.95 Å². The second-order valence-electron chi connectivity index (χ2n) is 8.22. The topological polar surface area (TPSA) is 67.6 Å². The molecule has 0 saturated carbocycles. The summed E-state index contributed by atoms with van der Waals surface area (Å²) in [7, 11) is 2.15. The number of aromatic nitrogens is 4. The third-order valence-electron chi connectivity index (χ3n) is 5.58. The van der Waals surface area contributed by atoms with Crippen molar-refractivity contribution in [1.82, 2.24) is 24.5 Å². The number of fused-ring (bicyclic) bond motifs is 1. The minimum absolute atomic E-state index is 0.0807. The van der Waals surface area contributed by atoms with E-state index in [2.05, 4.69) is 55.3 Å². The number of piperidine rings is 1. The smallest absolute Gasteiger partial charge is 0.322 e. The fourth-order valence-electron chi connectivity index (χ4n) is 3.70. The maximum absolute atomic E-state index is 6.21. The van der Waals surface area contributed by atoms with Crippen molar-refractivity contribution in [2.45, 2.75) is 51.7 Å². The van der Waals surface area contributed by atoms with Crippen molar-refractivity contribution in [1.29, 1.82) is 0 Å². The first kappa shape index (κ1) is 19.6. The van der Waals surface area contributed by atoms with Gasteiger partial charge in [-0.2, -0.15) is 19.6 Å². The van der Waals surface area contributed by atoms with Crippen molar-refractivity contribution in [3.63, 3.8) is 0 Å². The Morgan fingerprint density at radius 2 is 1.79 bits per heavy atom. The van der Waals surface area contributed by atoms with E-state index in [4.69, 9.17) is 14.7 Å². The summed E-state index contributed by atoms with van der Waals surface area (Å²) in [4.78, 5) is 11.7. The Kier molecular flexibility index (Phi) is 5.67. The molecule has 0 spiro atoms. The van der Waals surface area contributed by atoms with Gasteiger partial charge >= 0.3 is 6.01 Å². The molecular weight excluding hydrogens is 364 g/mol. The van der Waals surface area contributed by atoms with E-state index in [9.17, 15) is 0 Å². The Balaban J connectivity index is 1.66. The lowest BCUT2D eigenvalue weighted by Crippen LogP contribution is -2.36. The van der Waals surface area contributed by atoms with E-state index < -0.39 is 0 Å². The average molecular weight is 395 g/mol. The normalized spacial score (nSPS) is 17.0. The van der Waals surface area contributed by atoms with E-state index in [-0.39, 0.29) is 12.1 Å². The molecule has 0 bridgehead atoms. The van der Waals surface area contributed by atoms with Crippen LogP contribution in [0.15, 0.2) is 36.5 Å². The fraction of sp³-hybridized carbons (Fsp3) is 0.500. The molecule has 7 nitrogen and oxygen atoms in total. The van der Waals surface area contributed by atoms with E-state index in [0.29, 0.717) is 17.9 Å². The van der Waals surface area contributed by atoms with E-state index in [1.54, 1.807) is 4.52 Å². The Morgan fingerprint density at radius 1 is 1.07 bits per heavy atom. The van der Waals surface area contributed by atoms with Gasteiger partial charge in [0.2, 0.25) is 5.95 Å². The van der Waals surface area contributed by atoms with Gasteiger partial charge in [-0.3, -0.25) is 0 Å². The van der Waals surface area contributed by atoms with Gasteiger partial charge in [-0.15, -0.1) is 0 Å². The predicted octanol–water partition coefficient (Wildman–Crippen LogP) is 3.89. The average Bonchev–Trinajstić information content (AvgIpc) is 3.15. The third-order valence-corrected chi connectivity index (χ3v) is 5.58. The largest absolute Gasteiger partial charge is 0.460 e. The number of nitrogens with zero attached hydrogens (tertiary/aromatic N) is 5. The highest BCUT2D eigenvalue weighted by molar-refractivity contribution is 5.53. The molecule has 1 N–H and O–H groups in total. The monoisotopic (exact) mass is 394 g/mol. The second kappa shape index (κ2) is 8.37. The zero-order chi connectivity index (χ0) is 20.4. The van der Waals surface area contributed by atoms with E-state index in [0.717, 1.165) is 37.1 Å². The number of anilines is 1. The van der Waals surface area contributed by atoms with Crippen LogP contribution in [0.5, 0.6) is 6.01 Å². The van der Waals surface area contributed by atoms with Crippen molar-refractivity contribution >= 4 is 11.6 Å². The summed E-state index contributed by atoms with van der Waals surface area (Å²) < 4.78 is 8.00. The number of rotatable bonds is 6. The molecule has 1 aliphatic rings. The molecule has 154 valence electrons. The Hall–Kier alpha value is -2.67. The summed E-state index contributed by atoms with van der Waals surface area (Å²) in [6.07, 6.45) is 4.01. The molecular formula is C22H30N6O. The predicted molar refractivity (Wildman–Crippen MR) is 114 cm³/mol. The molecule has 1 fully saturated rings. The highest BCUT2D eigenvalue weighted by Gasteiger charge is 2.22. The van der Waals surface area contributed by atoms with Crippen LogP contribution in [0.25, 0.3) is 5.65 Å². The standard InChI is InChI=1S/C22H30N6O/c1-15(2)19-14-23-28-20(19)25-22(29-18-10-12-27(4)13-11-18)26-21(28)24-16(3)17-8-6-5-7-9-17/h5-9,14-16,18H,10-13H2,1-4H3,(H,24,25,26)/t16-/m1/s1. The van der Waals surface area contributed by atoms with Crippen molar-refractivity contribution in [2.75, 3.05) is 25.5 Å². The second-order valence-corrected chi connectivity index (χ2v) is 8.22. The van der Waals surface area contributed by atoms with Gasteiger partial charge in [0.05, 0.1) is 12.2 Å². The molecule has 3 aromatic rings. The Bertz CT molecular complexity index is 947. The zero-order valence-corrected chi connectivity index (χ0v) is 17.7. The first-order valence-corrected chi connectivity index (χ1v) is 10.4. The lowest BCUT2D eigenvalue weighted by atomic mass is 10.1. The van der Waals surface area contributed by atoms with E-state index in [1.165, 1.54) is 5.56 Å². The summed E-state index contributed by atoms with van der Waals surface area (Å²) in [5.74, 6) is 0.971. The third kappa shape index (κ3) is 4.34. The van der Waals surface area contributed by atoms with Crippen LogP contribution in [0.1, 0.15) is 56.7 Å². The summed E-state index contributed by atoms with van der Waals surface area (Å²) in [5.41, 5.74) is 3.09. The maximum Gasteiger partial charge on any atom is 0.322 e. The first-order valence-electron chi connectivity index (χ1n) is 10.4. The van der Waals surface area contributed by atoms with Crippen molar-refractivity contribution in [2.24, 2.45) is 0 Å². The van der Waals surface area contributed by atoms with Gasteiger partial charge in [0.1, 0.15) is 6.10 Å². The van der Waals surface area contributed by atoms with Crippen molar-refractivity contribution in [3.05, 3.63) is 47.7 Å². The highest BCUT2D eigenvalue weighted by Crippen LogP contribution is 2.26. The van der Waals surface area contributed by atoms with Gasteiger partial charge in [-0.25, -0.2) is 0 Å². The Labute approximate surface area is 172 Å². The number of nitrogens with one attached hydrogen (secondary N) is 1. The molecule has 3 heterocycles. The molecule has 1 aromatic carbocycles. The first-order chi connectivity index (χ1) is 14.0. The number of hydrogen-bond acceptors (Lipinski definition) is 6. The molecule has 1 atom stereocenters. The summed E-state index contributed by atoms with van der Waals surface area (Å²) in [5, 5.41) is 8.05. The van der Waals surface area contributed by atoms with Crippen LogP contribution in [-0.4, -0.2) is 50.7 Å². The van der Waals surface area contributed by atoms with Crippen molar-refractivity contribution in [3.8, 4) is 6.01 Å². The summed E-state index contributed by atoms with van der Waals surface area (Å²) >= 11 is 0. The lowest BCUT2D eigenvalue weighted by molar-refractivity contribution is 0.105. The molecule has 0 aliphatic carbocycles. The minimum atomic E-state index is 0.0807. The van der Waals surface area contributed by atoms with Crippen LogP contribution in [0, 0.1) is 0 Å². The van der Waals surface area contributed by atoms with Gasteiger partial charge in [-0.05, 0) is 38.3 Å². The minimum Gasteiger partial charge on any atom is -0.460 e. The number of benzene rings is 1. The van der Waals surface area contributed by atoms with Crippen molar-refractivity contribution < 1.29 is 4.74 Å². The molecule has 7 heteroatoms.